The lowest BCUT2D eigenvalue weighted by Gasteiger charge is -2.12. The van der Waals surface area contributed by atoms with Gasteiger partial charge in [0.05, 0.1) is 0 Å². The maximum absolute atomic E-state index is 10.7. The van der Waals surface area contributed by atoms with Gasteiger partial charge in [0, 0.05) is 28.5 Å². The summed E-state index contributed by atoms with van der Waals surface area (Å²) in [7, 11) is 0. The van der Waals surface area contributed by atoms with E-state index in [0.29, 0.717) is 5.02 Å². The second-order valence-electron chi connectivity index (χ2n) is 3.51. The van der Waals surface area contributed by atoms with Crippen LogP contribution >= 0.6 is 11.6 Å². The minimum Gasteiger partial charge on any atom is -0.595 e. The van der Waals surface area contributed by atoms with Crippen molar-refractivity contribution in [3.63, 3.8) is 0 Å². The van der Waals surface area contributed by atoms with Crippen molar-refractivity contribution in [1.82, 2.24) is 0 Å². The van der Waals surface area contributed by atoms with Gasteiger partial charge in [-0.3, -0.25) is 0 Å². The van der Waals surface area contributed by atoms with E-state index in [1.807, 2.05) is 12.1 Å². The van der Waals surface area contributed by atoms with E-state index in [0.717, 1.165) is 11.4 Å². The Kier molecular flexibility index (Phi) is 3.61. The van der Waals surface area contributed by atoms with Crippen LogP contribution in [0.1, 0.15) is 0 Å². The standard InChI is InChI=1S/C12H11ClN2O2/c13-9-1-3-10(4-2-9)14-11-5-7-12(8-6-11)15(16)17/h1-8,14-16H. The zero-order valence-corrected chi connectivity index (χ0v) is 9.61. The zero-order valence-electron chi connectivity index (χ0n) is 8.85. The Labute approximate surface area is 104 Å². The highest BCUT2D eigenvalue weighted by Gasteiger charge is 1.99. The van der Waals surface area contributed by atoms with Gasteiger partial charge in [0.25, 0.3) is 0 Å². The van der Waals surface area contributed by atoms with E-state index in [1.165, 1.54) is 0 Å². The van der Waals surface area contributed by atoms with Crippen LogP contribution in [0, 0.1) is 5.21 Å². The van der Waals surface area contributed by atoms with E-state index in [1.54, 1.807) is 36.4 Å². The number of hydrogen-bond acceptors (Lipinski definition) is 3. The molecule has 1 atom stereocenters. The molecule has 4 nitrogen and oxygen atoms in total. The van der Waals surface area contributed by atoms with Crippen LogP contribution in [-0.2, 0) is 0 Å². The molecule has 2 rings (SSSR count). The predicted octanol–water partition coefficient (Wildman–Crippen LogP) is 2.49. The molecule has 0 bridgehead atoms. The van der Waals surface area contributed by atoms with Gasteiger partial charge < -0.3 is 10.5 Å². The number of anilines is 2. The zero-order chi connectivity index (χ0) is 12.3. The van der Waals surface area contributed by atoms with Gasteiger partial charge in [-0.15, -0.1) is 0 Å². The fourth-order valence-corrected chi connectivity index (χ4v) is 1.52. The number of nitrogens with one attached hydrogen (secondary N) is 2. The molecular weight excluding hydrogens is 240 g/mol. The van der Waals surface area contributed by atoms with Gasteiger partial charge in [-0.25, -0.2) is 5.21 Å². The second-order valence-corrected chi connectivity index (χ2v) is 3.95. The van der Waals surface area contributed by atoms with Crippen LogP contribution in [-0.4, -0.2) is 5.21 Å². The van der Waals surface area contributed by atoms with Crippen molar-refractivity contribution in [2.45, 2.75) is 0 Å². The molecule has 0 amide bonds. The largest absolute Gasteiger partial charge is 0.595 e. The normalized spacial score (nSPS) is 12.2. The number of benzene rings is 2. The Morgan fingerprint density at radius 1 is 0.941 bits per heavy atom. The summed E-state index contributed by atoms with van der Waals surface area (Å²) in [6.07, 6.45) is 0. The van der Waals surface area contributed by atoms with E-state index in [2.05, 4.69) is 5.32 Å². The minimum atomic E-state index is -0.928. The average molecular weight is 251 g/mol. The summed E-state index contributed by atoms with van der Waals surface area (Å²) in [4.78, 5) is 0. The summed E-state index contributed by atoms with van der Waals surface area (Å²) in [5.41, 5.74) is 2.00. The molecule has 2 aromatic rings. The van der Waals surface area contributed by atoms with E-state index in [9.17, 15) is 5.21 Å². The van der Waals surface area contributed by atoms with Crippen LogP contribution in [0.2, 0.25) is 5.02 Å². The molecule has 0 aliphatic heterocycles. The highest BCUT2D eigenvalue weighted by Crippen LogP contribution is 2.19. The Morgan fingerprint density at radius 3 is 1.88 bits per heavy atom. The summed E-state index contributed by atoms with van der Waals surface area (Å²) in [5.74, 6) is 0. The van der Waals surface area contributed by atoms with Crippen molar-refractivity contribution < 1.29 is 10.4 Å². The van der Waals surface area contributed by atoms with Crippen LogP contribution < -0.4 is 10.5 Å². The van der Waals surface area contributed by atoms with Crippen molar-refractivity contribution in [2.75, 3.05) is 5.32 Å². The molecule has 2 aromatic carbocycles. The molecule has 17 heavy (non-hydrogen) atoms. The quantitative estimate of drug-likeness (QED) is 0.734. The molecule has 0 aliphatic carbocycles. The fraction of sp³-hybridized carbons (Fsp3) is 0. The lowest BCUT2D eigenvalue weighted by molar-refractivity contribution is -0.991. The molecule has 0 saturated heterocycles. The summed E-state index contributed by atoms with van der Waals surface area (Å²) < 4.78 is 0. The van der Waals surface area contributed by atoms with Gasteiger partial charge in [0.15, 0.2) is 5.69 Å². The number of rotatable bonds is 3. The van der Waals surface area contributed by atoms with Gasteiger partial charge in [0.1, 0.15) is 0 Å². The molecule has 1 unspecified atom stereocenters. The van der Waals surface area contributed by atoms with E-state index in [-0.39, 0.29) is 5.69 Å². The maximum atomic E-state index is 10.7. The smallest absolute Gasteiger partial charge is 0.163 e. The van der Waals surface area contributed by atoms with Crippen LogP contribution in [0.25, 0.3) is 0 Å². The van der Waals surface area contributed by atoms with Gasteiger partial charge in [-0.2, -0.15) is 5.23 Å². The van der Waals surface area contributed by atoms with Gasteiger partial charge in [-0.05, 0) is 36.4 Å². The molecule has 0 heterocycles. The second kappa shape index (κ2) is 5.16. The Bertz CT molecular complexity index is 483. The van der Waals surface area contributed by atoms with Gasteiger partial charge in [-0.1, -0.05) is 11.6 Å². The van der Waals surface area contributed by atoms with Crippen LogP contribution in [0.5, 0.6) is 0 Å². The average Bonchev–Trinajstić information content (AvgIpc) is 2.33. The van der Waals surface area contributed by atoms with Gasteiger partial charge in [0.2, 0.25) is 0 Å². The minimum absolute atomic E-state index is 0.270. The monoisotopic (exact) mass is 250 g/mol. The number of quaternary nitrogens is 1. The molecular formula is C12H11ClN2O2. The van der Waals surface area contributed by atoms with Crippen molar-refractivity contribution in [3.05, 3.63) is 58.8 Å². The first kappa shape index (κ1) is 11.9. The molecule has 0 aliphatic rings. The van der Waals surface area contributed by atoms with Crippen molar-refractivity contribution >= 4 is 28.7 Å². The van der Waals surface area contributed by atoms with Crippen molar-refractivity contribution in [1.29, 1.82) is 0 Å². The lowest BCUT2D eigenvalue weighted by Crippen LogP contribution is -2.99. The first-order chi connectivity index (χ1) is 8.15. The van der Waals surface area contributed by atoms with Crippen LogP contribution in [0.3, 0.4) is 0 Å². The number of hydrogen-bond donors (Lipinski definition) is 3. The third kappa shape index (κ3) is 3.18. The first-order valence-corrected chi connectivity index (χ1v) is 5.39. The van der Waals surface area contributed by atoms with Gasteiger partial charge >= 0.3 is 0 Å². The third-order valence-electron chi connectivity index (χ3n) is 2.26. The van der Waals surface area contributed by atoms with Crippen molar-refractivity contribution in [3.8, 4) is 0 Å². The Hall–Kier alpha value is -1.59. The Balaban J connectivity index is 2.11. The Morgan fingerprint density at radius 2 is 1.41 bits per heavy atom. The molecule has 0 saturated carbocycles. The highest BCUT2D eigenvalue weighted by atomic mass is 35.5. The van der Waals surface area contributed by atoms with E-state index in [4.69, 9.17) is 16.8 Å². The third-order valence-corrected chi connectivity index (χ3v) is 2.52. The molecule has 3 N–H and O–H groups in total. The molecule has 0 spiro atoms. The lowest BCUT2D eigenvalue weighted by atomic mass is 10.2. The first-order valence-electron chi connectivity index (χ1n) is 5.01. The molecule has 0 fully saturated rings. The van der Waals surface area contributed by atoms with Crippen LogP contribution in [0.15, 0.2) is 48.5 Å². The predicted molar refractivity (Wildman–Crippen MR) is 67.0 cm³/mol. The molecule has 5 heteroatoms. The maximum Gasteiger partial charge on any atom is 0.163 e. The van der Waals surface area contributed by atoms with Crippen LogP contribution in [0.4, 0.5) is 17.1 Å². The fourth-order valence-electron chi connectivity index (χ4n) is 1.40. The summed E-state index contributed by atoms with van der Waals surface area (Å²) >= 11 is 5.78. The SMILES string of the molecule is [O-][NH+](O)c1ccc(Nc2ccc(Cl)cc2)cc1. The van der Waals surface area contributed by atoms with E-state index >= 15 is 0 Å². The van der Waals surface area contributed by atoms with E-state index < -0.39 is 5.23 Å². The summed E-state index contributed by atoms with van der Waals surface area (Å²) in [6.45, 7) is 0. The molecule has 0 radical (unpaired) electrons. The highest BCUT2D eigenvalue weighted by molar-refractivity contribution is 6.30. The molecule has 88 valence electrons. The topological polar surface area (TPSA) is 59.8 Å². The summed E-state index contributed by atoms with van der Waals surface area (Å²) in [5, 5.41) is 22.3. The van der Waals surface area contributed by atoms with Crippen molar-refractivity contribution in [2.24, 2.45) is 0 Å². The number of halogens is 1. The molecule has 0 aromatic heterocycles. The summed E-state index contributed by atoms with van der Waals surface area (Å²) in [6, 6.07) is 13.8.